The van der Waals surface area contributed by atoms with E-state index in [9.17, 15) is 0 Å². The monoisotopic (exact) mass is 273 g/mol. The molecule has 3 rings (SSSR count). The van der Waals surface area contributed by atoms with E-state index in [1.807, 2.05) is 24.7 Å². The van der Waals surface area contributed by atoms with E-state index in [0.29, 0.717) is 13.2 Å². The highest BCUT2D eigenvalue weighted by Crippen LogP contribution is 2.30. The standard InChI is InChI=1S/C15H19N3O2/c1-2-18-11-17-10-13(18)9-16-8-12-3-4-14-15(7-12)20-6-5-19-14/h3-4,7,10-11,16H,2,5-6,8-9H2,1H3. The number of fused-ring (bicyclic) bond motifs is 1. The Hall–Kier alpha value is -2.01. The molecule has 5 heteroatoms. The van der Waals surface area contributed by atoms with Gasteiger partial charge in [0.2, 0.25) is 0 Å². The van der Waals surface area contributed by atoms with Gasteiger partial charge in [-0.3, -0.25) is 0 Å². The number of nitrogens with one attached hydrogen (secondary N) is 1. The van der Waals surface area contributed by atoms with E-state index in [-0.39, 0.29) is 0 Å². The van der Waals surface area contributed by atoms with Gasteiger partial charge in [0, 0.05) is 25.8 Å². The molecule has 1 aliphatic rings. The van der Waals surface area contributed by atoms with Crippen molar-refractivity contribution in [3.8, 4) is 11.5 Å². The Kier molecular flexibility index (Phi) is 3.87. The molecule has 0 radical (unpaired) electrons. The van der Waals surface area contributed by atoms with Crippen LogP contribution in [0.2, 0.25) is 0 Å². The highest BCUT2D eigenvalue weighted by molar-refractivity contribution is 5.43. The van der Waals surface area contributed by atoms with Gasteiger partial charge in [-0.1, -0.05) is 6.07 Å². The summed E-state index contributed by atoms with van der Waals surface area (Å²) in [6, 6.07) is 6.08. The summed E-state index contributed by atoms with van der Waals surface area (Å²) in [5.74, 6) is 1.68. The van der Waals surface area contributed by atoms with Crippen LogP contribution in [0.1, 0.15) is 18.2 Å². The SMILES string of the molecule is CCn1cncc1CNCc1ccc2c(c1)OCCO2. The van der Waals surface area contributed by atoms with Gasteiger partial charge in [-0.25, -0.2) is 4.98 Å². The first-order chi connectivity index (χ1) is 9.86. The van der Waals surface area contributed by atoms with E-state index in [1.54, 1.807) is 0 Å². The first kappa shape index (κ1) is 13.0. The van der Waals surface area contributed by atoms with E-state index in [4.69, 9.17) is 9.47 Å². The van der Waals surface area contributed by atoms with Crippen molar-refractivity contribution in [2.45, 2.75) is 26.6 Å². The highest BCUT2D eigenvalue weighted by Gasteiger charge is 2.11. The largest absolute Gasteiger partial charge is 0.486 e. The average molecular weight is 273 g/mol. The second-order valence-corrected chi connectivity index (χ2v) is 4.75. The van der Waals surface area contributed by atoms with Crippen molar-refractivity contribution in [1.29, 1.82) is 0 Å². The number of hydrogen-bond donors (Lipinski definition) is 1. The van der Waals surface area contributed by atoms with Gasteiger partial charge in [-0.05, 0) is 24.6 Å². The molecule has 1 aromatic carbocycles. The first-order valence-electron chi connectivity index (χ1n) is 6.95. The molecule has 0 amide bonds. The zero-order chi connectivity index (χ0) is 13.8. The van der Waals surface area contributed by atoms with Crippen molar-refractivity contribution in [3.05, 3.63) is 42.0 Å². The van der Waals surface area contributed by atoms with Crippen LogP contribution in [0.3, 0.4) is 0 Å². The Balaban J connectivity index is 1.58. The predicted molar refractivity (Wildman–Crippen MR) is 75.9 cm³/mol. The zero-order valence-electron chi connectivity index (χ0n) is 11.6. The normalized spacial score (nSPS) is 13.4. The summed E-state index contributed by atoms with van der Waals surface area (Å²) in [7, 11) is 0. The minimum absolute atomic E-state index is 0.625. The molecule has 0 atom stereocenters. The zero-order valence-corrected chi connectivity index (χ0v) is 11.6. The van der Waals surface area contributed by atoms with Gasteiger partial charge < -0.3 is 19.4 Å². The molecular formula is C15H19N3O2. The lowest BCUT2D eigenvalue weighted by Gasteiger charge is -2.19. The van der Waals surface area contributed by atoms with Crippen LogP contribution in [0.5, 0.6) is 11.5 Å². The van der Waals surface area contributed by atoms with Crippen LogP contribution in [0, 0.1) is 0 Å². The Labute approximate surface area is 118 Å². The van der Waals surface area contributed by atoms with E-state index in [2.05, 4.69) is 27.9 Å². The van der Waals surface area contributed by atoms with Gasteiger partial charge in [0.25, 0.3) is 0 Å². The molecule has 2 heterocycles. The number of aryl methyl sites for hydroxylation is 1. The van der Waals surface area contributed by atoms with Crippen LogP contribution in [0.15, 0.2) is 30.7 Å². The van der Waals surface area contributed by atoms with Crippen molar-refractivity contribution in [2.24, 2.45) is 0 Å². The number of hydrogen-bond acceptors (Lipinski definition) is 4. The van der Waals surface area contributed by atoms with Crippen molar-refractivity contribution in [1.82, 2.24) is 14.9 Å². The summed E-state index contributed by atoms with van der Waals surface area (Å²) < 4.78 is 13.2. The molecule has 0 unspecified atom stereocenters. The first-order valence-corrected chi connectivity index (χ1v) is 6.95. The molecule has 5 nitrogen and oxygen atoms in total. The van der Waals surface area contributed by atoms with Gasteiger partial charge in [-0.2, -0.15) is 0 Å². The molecule has 2 aromatic rings. The molecule has 0 spiro atoms. The lowest BCUT2D eigenvalue weighted by Crippen LogP contribution is -2.17. The number of rotatable bonds is 5. The van der Waals surface area contributed by atoms with Crippen LogP contribution < -0.4 is 14.8 Å². The maximum atomic E-state index is 5.59. The molecule has 0 fully saturated rings. The molecule has 0 aliphatic carbocycles. The quantitative estimate of drug-likeness (QED) is 0.904. The number of nitrogens with zero attached hydrogens (tertiary/aromatic N) is 2. The minimum Gasteiger partial charge on any atom is -0.486 e. The fourth-order valence-corrected chi connectivity index (χ4v) is 2.31. The summed E-state index contributed by atoms with van der Waals surface area (Å²) >= 11 is 0. The fourth-order valence-electron chi connectivity index (χ4n) is 2.31. The minimum atomic E-state index is 0.625. The average Bonchev–Trinajstić information content (AvgIpc) is 2.95. The Bertz CT molecular complexity index is 580. The third-order valence-corrected chi connectivity index (χ3v) is 3.38. The molecule has 106 valence electrons. The lowest BCUT2D eigenvalue weighted by molar-refractivity contribution is 0.171. The van der Waals surface area contributed by atoms with Gasteiger partial charge in [0.15, 0.2) is 11.5 Å². The molecule has 1 aliphatic heterocycles. The van der Waals surface area contributed by atoms with Crippen molar-refractivity contribution in [2.75, 3.05) is 13.2 Å². The number of imidazole rings is 1. The van der Waals surface area contributed by atoms with Crippen molar-refractivity contribution >= 4 is 0 Å². The van der Waals surface area contributed by atoms with Crippen LogP contribution >= 0.6 is 0 Å². The Morgan fingerprint density at radius 2 is 2.05 bits per heavy atom. The van der Waals surface area contributed by atoms with E-state index in [0.717, 1.165) is 31.1 Å². The number of ether oxygens (including phenoxy) is 2. The van der Waals surface area contributed by atoms with Crippen molar-refractivity contribution in [3.63, 3.8) is 0 Å². The van der Waals surface area contributed by atoms with Crippen LogP contribution in [0.4, 0.5) is 0 Å². The number of benzene rings is 1. The lowest BCUT2D eigenvalue weighted by atomic mass is 10.2. The van der Waals surface area contributed by atoms with Crippen LogP contribution in [-0.2, 0) is 19.6 Å². The summed E-state index contributed by atoms with van der Waals surface area (Å²) in [6.45, 7) is 5.92. The summed E-state index contributed by atoms with van der Waals surface area (Å²) in [5.41, 5.74) is 2.39. The van der Waals surface area contributed by atoms with Crippen LogP contribution in [-0.4, -0.2) is 22.8 Å². The van der Waals surface area contributed by atoms with Crippen molar-refractivity contribution < 1.29 is 9.47 Å². The predicted octanol–water partition coefficient (Wildman–Crippen LogP) is 1.96. The van der Waals surface area contributed by atoms with Gasteiger partial charge in [-0.15, -0.1) is 0 Å². The summed E-state index contributed by atoms with van der Waals surface area (Å²) in [6.07, 6.45) is 3.77. The summed E-state index contributed by atoms with van der Waals surface area (Å²) in [4.78, 5) is 4.16. The fraction of sp³-hybridized carbons (Fsp3) is 0.400. The smallest absolute Gasteiger partial charge is 0.161 e. The highest BCUT2D eigenvalue weighted by atomic mass is 16.6. The molecule has 1 N–H and O–H groups in total. The third-order valence-electron chi connectivity index (χ3n) is 3.38. The maximum absolute atomic E-state index is 5.59. The van der Waals surface area contributed by atoms with E-state index < -0.39 is 0 Å². The Morgan fingerprint density at radius 3 is 2.90 bits per heavy atom. The summed E-state index contributed by atoms with van der Waals surface area (Å²) in [5, 5.41) is 3.43. The Morgan fingerprint density at radius 1 is 1.20 bits per heavy atom. The molecule has 0 saturated heterocycles. The topological polar surface area (TPSA) is 48.3 Å². The van der Waals surface area contributed by atoms with Gasteiger partial charge in [0.1, 0.15) is 13.2 Å². The maximum Gasteiger partial charge on any atom is 0.161 e. The second kappa shape index (κ2) is 5.96. The van der Waals surface area contributed by atoms with E-state index >= 15 is 0 Å². The molecule has 20 heavy (non-hydrogen) atoms. The molecule has 0 saturated carbocycles. The second-order valence-electron chi connectivity index (χ2n) is 4.75. The molecule has 1 aromatic heterocycles. The third kappa shape index (κ3) is 2.77. The van der Waals surface area contributed by atoms with E-state index in [1.165, 1.54) is 11.3 Å². The number of aromatic nitrogens is 2. The molecular weight excluding hydrogens is 254 g/mol. The van der Waals surface area contributed by atoms with Gasteiger partial charge in [0.05, 0.1) is 12.0 Å². The van der Waals surface area contributed by atoms with Crippen LogP contribution in [0.25, 0.3) is 0 Å². The molecule has 0 bridgehead atoms. The van der Waals surface area contributed by atoms with Gasteiger partial charge >= 0.3 is 0 Å².